The number of carbonyl (C=O) groups is 1. The van der Waals surface area contributed by atoms with Crippen LogP contribution in [0.1, 0.15) is 32.6 Å². The first-order valence-corrected chi connectivity index (χ1v) is 4.96. The molecule has 1 fully saturated rings. The highest BCUT2D eigenvalue weighted by molar-refractivity contribution is 5.82. The first kappa shape index (κ1) is 8.03. The van der Waals surface area contributed by atoms with E-state index in [1.54, 1.807) is 0 Å². The van der Waals surface area contributed by atoms with E-state index in [9.17, 15) is 4.79 Å². The minimum atomic E-state index is 0.374. The lowest BCUT2D eigenvalue weighted by molar-refractivity contribution is -0.128. The minimum Gasteiger partial charge on any atom is -0.299 e. The zero-order valence-corrected chi connectivity index (χ0v) is 7.62. The summed E-state index contributed by atoms with van der Waals surface area (Å²) in [5.74, 6) is 2.31. The summed E-state index contributed by atoms with van der Waals surface area (Å²) in [6, 6.07) is 0. The van der Waals surface area contributed by atoms with Crippen molar-refractivity contribution in [2.24, 2.45) is 17.8 Å². The summed E-state index contributed by atoms with van der Waals surface area (Å²) in [7, 11) is 0. The van der Waals surface area contributed by atoms with Crippen LogP contribution < -0.4 is 0 Å². The van der Waals surface area contributed by atoms with Gasteiger partial charge in [-0.25, -0.2) is 0 Å². The van der Waals surface area contributed by atoms with Crippen LogP contribution in [0.3, 0.4) is 0 Å². The number of Topliss-reactive ketones (excluding diaryl/α,β-unsaturated/α-hetero) is 1. The van der Waals surface area contributed by atoms with Crippen molar-refractivity contribution in [3.05, 3.63) is 12.2 Å². The van der Waals surface area contributed by atoms with Gasteiger partial charge < -0.3 is 0 Å². The molecule has 0 aliphatic heterocycles. The highest BCUT2D eigenvalue weighted by Gasteiger charge is 2.35. The molecule has 0 N–H and O–H groups in total. The molecule has 0 bridgehead atoms. The lowest BCUT2D eigenvalue weighted by Gasteiger charge is -2.36. The standard InChI is InChI=1S/C11H16O/c1-8-6-7-11(12)10-5-3-2-4-9(8)10/h2-3,8-10H,4-7H2,1H3/t8-,9+,10-/m0/s1. The van der Waals surface area contributed by atoms with Gasteiger partial charge in [-0.2, -0.15) is 0 Å². The van der Waals surface area contributed by atoms with Gasteiger partial charge in [0.1, 0.15) is 5.78 Å². The molecule has 1 saturated carbocycles. The number of carbonyl (C=O) groups excluding carboxylic acids is 1. The molecule has 2 rings (SSSR count). The molecule has 0 radical (unpaired) electrons. The van der Waals surface area contributed by atoms with E-state index >= 15 is 0 Å². The average Bonchev–Trinajstić information content (AvgIpc) is 2.12. The number of rotatable bonds is 0. The largest absolute Gasteiger partial charge is 0.299 e. The predicted octanol–water partition coefficient (Wildman–Crippen LogP) is 2.57. The lowest BCUT2D eigenvalue weighted by Crippen LogP contribution is -2.34. The van der Waals surface area contributed by atoms with E-state index in [4.69, 9.17) is 0 Å². The van der Waals surface area contributed by atoms with Crippen LogP contribution in [0.4, 0.5) is 0 Å². The van der Waals surface area contributed by atoms with E-state index in [1.165, 1.54) is 0 Å². The smallest absolute Gasteiger partial charge is 0.136 e. The van der Waals surface area contributed by atoms with Crippen LogP contribution >= 0.6 is 0 Å². The molecule has 0 spiro atoms. The molecule has 2 aliphatic rings. The van der Waals surface area contributed by atoms with E-state index in [1.807, 2.05) is 0 Å². The Morgan fingerprint density at radius 2 is 2.08 bits per heavy atom. The van der Waals surface area contributed by atoms with Gasteiger partial charge in [0.25, 0.3) is 0 Å². The second-order valence-corrected chi connectivity index (χ2v) is 4.20. The van der Waals surface area contributed by atoms with Gasteiger partial charge in [-0.1, -0.05) is 19.1 Å². The molecule has 1 heteroatoms. The van der Waals surface area contributed by atoms with Crippen LogP contribution in [0, 0.1) is 17.8 Å². The summed E-state index contributed by atoms with van der Waals surface area (Å²) in [6.45, 7) is 2.29. The highest BCUT2D eigenvalue weighted by atomic mass is 16.1. The molecular formula is C11H16O. The summed E-state index contributed by atoms with van der Waals surface area (Å²) < 4.78 is 0. The number of hydrogen-bond donors (Lipinski definition) is 0. The van der Waals surface area contributed by atoms with Crippen molar-refractivity contribution in [1.29, 1.82) is 0 Å². The zero-order valence-electron chi connectivity index (χ0n) is 7.62. The fraction of sp³-hybridized carbons (Fsp3) is 0.727. The van der Waals surface area contributed by atoms with Gasteiger partial charge >= 0.3 is 0 Å². The summed E-state index contributed by atoms with van der Waals surface area (Å²) in [5, 5.41) is 0. The quantitative estimate of drug-likeness (QED) is 0.503. The van der Waals surface area contributed by atoms with E-state index < -0.39 is 0 Å². The van der Waals surface area contributed by atoms with Crippen molar-refractivity contribution >= 4 is 5.78 Å². The highest BCUT2D eigenvalue weighted by Crippen LogP contribution is 2.39. The Hall–Kier alpha value is -0.590. The molecule has 0 aromatic carbocycles. The Kier molecular flexibility index (Phi) is 2.03. The number of hydrogen-bond acceptors (Lipinski definition) is 1. The van der Waals surface area contributed by atoms with E-state index in [0.717, 1.165) is 31.6 Å². The molecule has 66 valence electrons. The Balaban J connectivity index is 2.17. The first-order chi connectivity index (χ1) is 5.79. The fourth-order valence-corrected chi connectivity index (χ4v) is 2.60. The molecular weight excluding hydrogens is 148 g/mol. The number of ketones is 1. The maximum absolute atomic E-state index is 11.5. The maximum Gasteiger partial charge on any atom is 0.136 e. The van der Waals surface area contributed by atoms with Crippen LogP contribution in [-0.2, 0) is 4.79 Å². The monoisotopic (exact) mass is 164 g/mol. The third-order valence-corrected chi connectivity index (χ3v) is 3.47. The van der Waals surface area contributed by atoms with Gasteiger partial charge in [-0.15, -0.1) is 0 Å². The molecule has 0 unspecified atom stereocenters. The SMILES string of the molecule is C[C@H]1CCC(=O)[C@H]2CC=CC[C@@H]21. The molecule has 0 aromatic rings. The van der Waals surface area contributed by atoms with Crippen molar-refractivity contribution in [3.63, 3.8) is 0 Å². The Bertz CT molecular complexity index is 217. The van der Waals surface area contributed by atoms with E-state index in [-0.39, 0.29) is 0 Å². The van der Waals surface area contributed by atoms with Gasteiger partial charge in [0.2, 0.25) is 0 Å². The van der Waals surface area contributed by atoms with Crippen LogP contribution in [0.15, 0.2) is 12.2 Å². The summed E-state index contributed by atoms with van der Waals surface area (Å²) >= 11 is 0. The molecule has 12 heavy (non-hydrogen) atoms. The molecule has 0 aromatic heterocycles. The third kappa shape index (κ3) is 1.21. The Labute approximate surface area is 73.8 Å². The minimum absolute atomic E-state index is 0.374. The van der Waals surface area contributed by atoms with Crippen molar-refractivity contribution in [1.82, 2.24) is 0 Å². The summed E-state index contributed by atoms with van der Waals surface area (Å²) in [5.41, 5.74) is 0. The van der Waals surface area contributed by atoms with Gasteiger partial charge in [0, 0.05) is 12.3 Å². The molecule has 0 amide bonds. The molecule has 1 nitrogen and oxygen atoms in total. The van der Waals surface area contributed by atoms with Crippen molar-refractivity contribution in [2.75, 3.05) is 0 Å². The predicted molar refractivity (Wildman–Crippen MR) is 48.8 cm³/mol. The Morgan fingerprint density at radius 3 is 2.83 bits per heavy atom. The van der Waals surface area contributed by atoms with Crippen LogP contribution in [0.5, 0.6) is 0 Å². The van der Waals surface area contributed by atoms with Gasteiger partial charge in [0.15, 0.2) is 0 Å². The first-order valence-electron chi connectivity index (χ1n) is 4.96. The molecule has 0 saturated heterocycles. The van der Waals surface area contributed by atoms with Crippen molar-refractivity contribution in [2.45, 2.75) is 32.6 Å². The second-order valence-electron chi connectivity index (χ2n) is 4.20. The van der Waals surface area contributed by atoms with Crippen LogP contribution in [0.25, 0.3) is 0 Å². The number of fused-ring (bicyclic) bond motifs is 1. The normalized spacial score (nSPS) is 41.1. The maximum atomic E-state index is 11.5. The molecule has 3 atom stereocenters. The average molecular weight is 164 g/mol. The van der Waals surface area contributed by atoms with E-state index in [2.05, 4.69) is 19.1 Å². The van der Waals surface area contributed by atoms with E-state index in [0.29, 0.717) is 17.6 Å². The molecule has 0 heterocycles. The Morgan fingerprint density at radius 1 is 1.33 bits per heavy atom. The van der Waals surface area contributed by atoms with Crippen molar-refractivity contribution in [3.8, 4) is 0 Å². The lowest BCUT2D eigenvalue weighted by atomic mass is 9.67. The van der Waals surface area contributed by atoms with Gasteiger partial charge in [-0.05, 0) is 31.1 Å². The summed E-state index contributed by atoms with van der Waals surface area (Å²) in [6.07, 6.45) is 8.52. The second kappa shape index (κ2) is 3.04. The van der Waals surface area contributed by atoms with Gasteiger partial charge in [-0.3, -0.25) is 4.79 Å². The van der Waals surface area contributed by atoms with Crippen LogP contribution in [0.2, 0.25) is 0 Å². The molecule has 2 aliphatic carbocycles. The summed E-state index contributed by atoms with van der Waals surface area (Å²) in [4.78, 5) is 11.5. The number of allylic oxidation sites excluding steroid dienone is 2. The van der Waals surface area contributed by atoms with Crippen LogP contribution in [-0.4, -0.2) is 5.78 Å². The third-order valence-electron chi connectivity index (χ3n) is 3.47. The topological polar surface area (TPSA) is 17.1 Å². The fourth-order valence-electron chi connectivity index (χ4n) is 2.60. The van der Waals surface area contributed by atoms with Crippen molar-refractivity contribution < 1.29 is 4.79 Å². The van der Waals surface area contributed by atoms with Gasteiger partial charge in [0.05, 0.1) is 0 Å². The zero-order chi connectivity index (χ0) is 8.55.